The monoisotopic (exact) mass is 791 g/mol. The summed E-state index contributed by atoms with van der Waals surface area (Å²) in [6, 6.07) is 16.5. The van der Waals surface area contributed by atoms with Gasteiger partial charge in [0, 0.05) is 71.2 Å². The number of carboxylic acids is 1. The normalized spacial score (nSPS) is 15.3. The molecule has 0 bridgehead atoms. The zero-order valence-electron chi connectivity index (χ0n) is 29.0. The molecule has 1 aliphatic heterocycles. The van der Waals surface area contributed by atoms with E-state index in [-0.39, 0.29) is 25.9 Å². The van der Waals surface area contributed by atoms with Gasteiger partial charge in [-0.3, -0.25) is 19.8 Å². The number of nitrogens with one attached hydrogen (secondary N) is 1. The third-order valence-corrected chi connectivity index (χ3v) is 10.5. The molecule has 11 nitrogen and oxygen atoms in total. The molecule has 4 N–H and O–H groups in total. The number of carbonyl (C=O) groups is 1. The Labute approximate surface area is 316 Å². The lowest BCUT2D eigenvalue weighted by Crippen LogP contribution is -2.39. The molecule has 13 heteroatoms. The van der Waals surface area contributed by atoms with Crippen LogP contribution in [-0.2, 0) is 31.1 Å². The standard InChI is InChI=1S/C39H43BrClN5O6/c1-25-14-26(18-42-17-25)23-51-36-16-37(33(41)15-28(36)19-43-34(22-47)39(49)50)52-24-27-6-4-8-31(38(27)40)30-7-5-9-35-32(30)20-44-46(35)12-3-2-11-45-13-10-29(48)21-45/h4-9,14-18,20,29,34,43,47-48H,2-3,10-13,19,21-24H2,1H3,(H,49,50)/t29-,34+/m1/s1. The molecule has 52 heavy (non-hydrogen) atoms. The van der Waals surface area contributed by atoms with Crippen LogP contribution in [0.3, 0.4) is 0 Å². The highest BCUT2D eigenvalue weighted by molar-refractivity contribution is 9.10. The molecule has 0 amide bonds. The predicted molar refractivity (Wildman–Crippen MR) is 204 cm³/mol. The Morgan fingerprint density at radius 3 is 2.58 bits per heavy atom. The number of aliphatic hydroxyl groups is 2. The Bertz CT molecular complexity index is 2010. The molecular formula is C39H43BrClN5O6. The predicted octanol–water partition coefficient (Wildman–Crippen LogP) is 6.36. The molecule has 1 fully saturated rings. The van der Waals surface area contributed by atoms with Crippen molar-refractivity contribution in [3.63, 3.8) is 0 Å². The lowest BCUT2D eigenvalue weighted by molar-refractivity contribution is -0.140. The van der Waals surface area contributed by atoms with Crippen LogP contribution in [-0.4, -0.2) is 79.3 Å². The van der Waals surface area contributed by atoms with Crippen molar-refractivity contribution < 1.29 is 29.6 Å². The number of aliphatic hydroxyl groups excluding tert-OH is 2. The molecule has 0 unspecified atom stereocenters. The van der Waals surface area contributed by atoms with E-state index in [4.69, 9.17) is 26.2 Å². The van der Waals surface area contributed by atoms with Crippen molar-refractivity contribution in [2.24, 2.45) is 0 Å². The number of aromatic nitrogens is 3. The molecule has 5 aromatic rings. The van der Waals surface area contributed by atoms with E-state index < -0.39 is 18.6 Å². The summed E-state index contributed by atoms with van der Waals surface area (Å²) in [5, 5.41) is 37.7. The highest BCUT2D eigenvalue weighted by atomic mass is 79.9. The van der Waals surface area contributed by atoms with Crippen molar-refractivity contribution in [1.29, 1.82) is 0 Å². The van der Waals surface area contributed by atoms with Crippen LogP contribution in [0.15, 0.2) is 77.7 Å². The second-order valence-corrected chi connectivity index (χ2v) is 14.3. The first kappa shape index (κ1) is 37.7. The van der Waals surface area contributed by atoms with Gasteiger partial charge in [-0.15, -0.1) is 0 Å². The molecule has 1 saturated heterocycles. The van der Waals surface area contributed by atoms with Crippen LogP contribution in [0.4, 0.5) is 0 Å². The number of aryl methyl sites for hydroxylation is 2. The third-order valence-electron chi connectivity index (χ3n) is 9.24. The summed E-state index contributed by atoms with van der Waals surface area (Å²) in [4.78, 5) is 18.1. The maximum Gasteiger partial charge on any atom is 0.323 e. The smallest absolute Gasteiger partial charge is 0.323 e. The summed E-state index contributed by atoms with van der Waals surface area (Å²) in [5.74, 6) is -0.297. The van der Waals surface area contributed by atoms with Crippen LogP contribution < -0.4 is 14.8 Å². The molecule has 0 radical (unpaired) electrons. The van der Waals surface area contributed by atoms with Gasteiger partial charge in [-0.25, -0.2) is 0 Å². The molecule has 0 saturated carbocycles. The summed E-state index contributed by atoms with van der Waals surface area (Å²) in [7, 11) is 0. The minimum Gasteiger partial charge on any atom is -0.488 e. The van der Waals surface area contributed by atoms with Crippen molar-refractivity contribution in [3.8, 4) is 22.6 Å². The number of benzene rings is 3. The number of hydrogen-bond acceptors (Lipinski definition) is 9. The van der Waals surface area contributed by atoms with Gasteiger partial charge >= 0.3 is 5.97 Å². The third kappa shape index (κ3) is 9.30. The summed E-state index contributed by atoms with van der Waals surface area (Å²) < 4.78 is 15.5. The Hall–Kier alpha value is -4.04. The second-order valence-electron chi connectivity index (χ2n) is 13.1. The number of halogens is 2. The number of hydrogen-bond donors (Lipinski definition) is 4. The molecule has 2 aromatic heterocycles. The first-order valence-corrected chi connectivity index (χ1v) is 18.6. The Morgan fingerprint density at radius 2 is 1.81 bits per heavy atom. The van der Waals surface area contributed by atoms with Gasteiger partial charge in [-0.2, -0.15) is 5.10 Å². The van der Waals surface area contributed by atoms with Crippen LogP contribution in [0, 0.1) is 6.92 Å². The number of pyridine rings is 1. The van der Waals surface area contributed by atoms with E-state index in [1.54, 1.807) is 24.5 Å². The minimum atomic E-state index is -1.16. The minimum absolute atomic E-state index is 0.0955. The first-order chi connectivity index (χ1) is 25.2. The maximum atomic E-state index is 11.5. The summed E-state index contributed by atoms with van der Waals surface area (Å²) in [6.45, 7) is 5.48. The van der Waals surface area contributed by atoms with E-state index in [2.05, 4.69) is 60.1 Å². The van der Waals surface area contributed by atoms with Crippen molar-refractivity contribution in [2.75, 3.05) is 26.2 Å². The van der Waals surface area contributed by atoms with Gasteiger partial charge in [0.2, 0.25) is 0 Å². The number of likely N-dealkylation sites (tertiary alicyclic amines) is 1. The number of unbranched alkanes of at least 4 members (excludes halogenated alkanes) is 1. The molecule has 3 heterocycles. The Kier molecular flexibility index (Phi) is 12.8. The molecule has 2 atom stereocenters. The van der Waals surface area contributed by atoms with Gasteiger partial charge in [-0.05, 0) is 83.6 Å². The molecule has 274 valence electrons. The van der Waals surface area contributed by atoms with Gasteiger partial charge in [0.05, 0.1) is 29.4 Å². The fourth-order valence-corrected chi connectivity index (χ4v) is 7.30. The van der Waals surface area contributed by atoms with E-state index in [9.17, 15) is 20.1 Å². The lowest BCUT2D eigenvalue weighted by Gasteiger charge is -2.18. The fraction of sp³-hybridized carbons (Fsp3) is 0.359. The van der Waals surface area contributed by atoms with Crippen molar-refractivity contribution in [3.05, 3.63) is 105 Å². The quantitative estimate of drug-likeness (QED) is 0.0786. The molecular weight excluding hydrogens is 750 g/mol. The molecule has 1 aliphatic rings. The number of ether oxygens (including phenoxy) is 2. The van der Waals surface area contributed by atoms with E-state index in [0.29, 0.717) is 22.1 Å². The first-order valence-electron chi connectivity index (χ1n) is 17.4. The van der Waals surface area contributed by atoms with E-state index in [1.807, 2.05) is 31.3 Å². The van der Waals surface area contributed by atoms with E-state index in [0.717, 1.165) is 88.6 Å². The average Bonchev–Trinajstić information content (AvgIpc) is 3.75. The van der Waals surface area contributed by atoms with Gasteiger partial charge in [0.15, 0.2) is 0 Å². The highest BCUT2D eigenvalue weighted by Crippen LogP contribution is 2.38. The number of β-amino-alcohol motifs (C(OH)–C–C–N with tert-alkyl or cyclic N) is 1. The summed E-state index contributed by atoms with van der Waals surface area (Å²) in [6.07, 6.45) is 8.15. The van der Waals surface area contributed by atoms with Gasteiger partial charge in [-0.1, -0.05) is 41.9 Å². The van der Waals surface area contributed by atoms with Gasteiger partial charge in [0.25, 0.3) is 0 Å². The lowest BCUT2D eigenvalue weighted by atomic mass is 10.00. The molecule has 0 aliphatic carbocycles. The second kappa shape index (κ2) is 17.7. The molecule has 0 spiro atoms. The molecule has 3 aromatic carbocycles. The SMILES string of the molecule is Cc1cncc(COc2cc(OCc3cccc(-c4cccc5c4cnn5CCCCN4CC[C@@H](O)C4)c3Br)c(Cl)cc2CN[C@@H](CO)C(=O)O)c1. The van der Waals surface area contributed by atoms with Crippen molar-refractivity contribution in [1.82, 2.24) is 25.0 Å². The number of nitrogens with zero attached hydrogens (tertiary/aromatic N) is 4. The van der Waals surface area contributed by atoms with Gasteiger partial charge < -0.3 is 29.7 Å². The zero-order valence-corrected chi connectivity index (χ0v) is 31.3. The van der Waals surface area contributed by atoms with Crippen molar-refractivity contribution >= 4 is 44.4 Å². The number of fused-ring (bicyclic) bond motifs is 1. The van der Waals surface area contributed by atoms with E-state index in [1.165, 1.54) is 0 Å². The van der Waals surface area contributed by atoms with Crippen LogP contribution in [0.25, 0.3) is 22.0 Å². The maximum absolute atomic E-state index is 11.5. The topological polar surface area (TPSA) is 142 Å². The summed E-state index contributed by atoms with van der Waals surface area (Å²) >= 11 is 10.6. The average molecular weight is 793 g/mol. The van der Waals surface area contributed by atoms with Crippen molar-refractivity contribution in [2.45, 2.75) is 64.6 Å². The fourth-order valence-electron chi connectivity index (χ4n) is 6.46. The highest BCUT2D eigenvalue weighted by Gasteiger charge is 2.21. The zero-order chi connectivity index (χ0) is 36.6. The van der Waals surface area contributed by atoms with Crippen LogP contribution in [0.5, 0.6) is 11.5 Å². The van der Waals surface area contributed by atoms with Crippen LogP contribution in [0.2, 0.25) is 5.02 Å². The van der Waals surface area contributed by atoms with Crippen LogP contribution >= 0.6 is 27.5 Å². The Balaban J connectivity index is 1.17. The Morgan fingerprint density at radius 1 is 1.02 bits per heavy atom. The number of aliphatic carboxylic acids is 1. The van der Waals surface area contributed by atoms with Crippen LogP contribution in [0.1, 0.15) is 41.5 Å². The number of carboxylic acid groups (broad SMARTS) is 1. The van der Waals surface area contributed by atoms with E-state index >= 15 is 0 Å². The van der Waals surface area contributed by atoms with Gasteiger partial charge in [0.1, 0.15) is 30.8 Å². The summed E-state index contributed by atoms with van der Waals surface area (Å²) in [5.41, 5.74) is 6.54. The largest absolute Gasteiger partial charge is 0.488 e. The number of rotatable bonds is 17. The molecule has 6 rings (SSSR count).